The molecule has 20 heavy (non-hydrogen) atoms. The van der Waals surface area contributed by atoms with Crippen LogP contribution in [0.15, 0.2) is 33.9 Å². The Morgan fingerprint density at radius 3 is 2.75 bits per heavy atom. The van der Waals surface area contributed by atoms with Gasteiger partial charge in [-0.05, 0) is 37.1 Å². The maximum atomic E-state index is 11.8. The number of nitrogens with zero attached hydrogens (tertiary/aromatic N) is 2. The molecule has 1 aromatic heterocycles. The van der Waals surface area contributed by atoms with Gasteiger partial charge in [-0.2, -0.15) is 0 Å². The molecule has 4 nitrogen and oxygen atoms in total. The molecular weight excluding hydrogens is 296 g/mol. The molecule has 1 atom stereocenters. The van der Waals surface area contributed by atoms with Crippen LogP contribution in [0, 0.1) is 0 Å². The second-order valence-corrected chi connectivity index (χ2v) is 6.29. The minimum Gasteiger partial charge on any atom is -0.411 e. The number of aromatic nitrogens is 2. The highest BCUT2D eigenvalue weighted by Gasteiger charge is 2.25. The molecule has 1 aliphatic rings. The zero-order valence-electron chi connectivity index (χ0n) is 10.7. The maximum Gasteiger partial charge on any atom is 0.277 e. The van der Waals surface area contributed by atoms with E-state index >= 15 is 0 Å². The van der Waals surface area contributed by atoms with Crippen molar-refractivity contribution in [2.24, 2.45) is 0 Å². The summed E-state index contributed by atoms with van der Waals surface area (Å²) in [5.74, 6) is 0.736. The van der Waals surface area contributed by atoms with Crippen LogP contribution in [-0.4, -0.2) is 21.2 Å². The SMILES string of the molecule is O=C1CCCC[C@@H]1Sc1nnc(-c2ccc(Cl)cc2)o1. The first-order valence-corrected chi connectivity index (χ1v) is 7.77. The summed E-state index contributed by atoms with van der Waals surface area (Å²) in [5.41, 5.74) is 0.823. The Labute approximate surface area is 125 Å². The number of ketones is 1. The number of carbonyl (C=O) groups is 1. The van der Waals surface area contributed by atoms with Crippen molar-refractivity contribution in [3.63, 3.8) is 0 Å². The normalized spacial score (nSPS) is 19.2. The third kappa shape index (κ3) is 3.04. The summed E-state index contributed by atoms with van der Waals surface area (Å²) in [7, 11) is 0. The number of thioether (sulfide) groups is 1. The van der Waals surface area contributed by atoms with Gasteiger partial charge in [-0.3, -0.25) is 4.79 Å². The van der Waals surface area contributed by atoms with Crippen LogP contribution in [0.3, 0.4) is 0 Å². The molecule has 0 bridgehead atoms. The molecule has 3 rings (SSSR count). The average molecular weight is 309 g/mol. The molecule has 1 aromatic carbocycles. The Kier molecular flexibility index (Phi) is 4.08. The Hall–Kier alpha value is -1.33. The first kappa shape index (κ1) is 13.6. The van der Waals surface area contributed by atoms with E-state index in [2.05, 4.69) is 10.2 Å². The van der Waals surface area contributed by atoms with Crippen molar-refractivity contribution in [3.8, 4) is 11.5 Å². The van der Waals surface area contributed by atoms with E-state index in [0.717, 1.165) is 24.8 Å². The van der Waals surface area contributed by atoms with Gasteiger partial charge in [0.15, 0.2) is 0 Å². The van der Waals surface area contributed by atoms with E-state index in [1.165, 1.54) is 11.8 Å². The molecule has 0 saturated heterocycles. The highest BCUT2D eigenvalue weighted by Crippen LogP contribution is 2.32. The molecule has 0 N–H and O–H groups in total. The molecule has 1 fully saturated rings. The summed E-state index contributed by atoms with van der Waals surface area (Å²) in [6, 6.07) is 7.21. The fourth-order valence-electron chi connectivity index (χ4n) is 2.16. The van der Waals surface area contributed by atoms with Crippen LogP contribution in [0.4, 0.5) is 0 Å². The highest BCUT2D eigenvalue weighted by molar-refractivity contribution is 8.00. The van der Waals surface area contributed by atoms with E-state index in [4.69, 9.17) is 16.0 Å². The van der Waals surface area contributed by atoms with Crippen molar-refractivity contribution in [1.82, 2.24) is 10.2 Å². The summed E-state index contributed by atoms with van der Waals surface area (Å²) < 4.78 is 5.61. The predicted octanol–water partition coefficient (Wildman–Crippen LogP) is 3.99. The van der Waals surface area contributed by atoms with Crippen molar-refractivity contribution in [2.45, 2.75) is 36.2 Å². The van der Waals surface area contributed by atoms with E-state index in [1.807, 2.05) is 12.1 Å². The van der Waals surface area contributed by atoms with Gasteiger partial charge in [0.2, 0.25) is 5.89 Å². The van der Waals surface area contributed by atoms with Gasteiger partial charge in [0.1, 0.15) is 5.78 Å². The summed E-state index contributed by atoms with van der Waals surface area (Å²) in [5, 5.41) is 9.10. The molecule has 1 heterocycles. The van der Waals surface area contributed by atoms with Gasteiger partial charge in [-0.25, -0.2) is 0 Å². The summed E-state index contributed by atoms with van der Waals surface area (Å²) in [6.07, 6.45) is 3.63. The first-order valence-electron chi connectivity index (χ1n) is 6.51. The Morgan fingerprint density at radius 1 is 1.20 bits per heavy atom. The molecule has 2 aromatic rings. The maximum absolute atomic E-state index is 11.8. The number of carbonyl (C=O) groups excluding carboxylic acids is 1. The molecule has 1 aliphatic carbocycles. The fourth-order valence-corrected chi connectivity index (χ4v) is 3.28. The molecule has 1 saturated carbocycles. The van der Waals surface area contributed by atoms with Crippen molar-refractivity contribution in [3.05, 3.63) is 29.3 Å². The van der Waals surface area contributed by atoms with E-state index < -0.39 is 0 Å². The van der Waals surface area contributed by atoms with E-state index in [-0.39, 0.29) is 11.0 Å². The minimum absolute atomic E-state index is 0.0396. The lowest BCUT2D eigenvalue weighted by Crippen LogP contribution is -2.21. The molecule has 0 spiro atoms. The topological polar surface area (TPSA) is 56.0 Å². The summed E-state index contributed by atoms with van der Waals surface area (Å²) >= 11 is 7.22. The van der Waals surface area contributed by atoms with Crippen molar-refractivity contribution in [2.75, 3.05) is 0 Å². The largest absolute Gasteiger partial charge is 0.411 e. The van der Waals surface area contributed by atoms with E-state index in [1.54, 1.807) is 12.1 Å². The molecule has 6 heteroatoms. The van der Waals surface area contributed by atoms with Crippen LogP contribution >= 0.6 is 23.4 Å². The second-order valence-electron chi connectivity index (χ2n) is 4.70. The number of Topliss-reactive ketones (excluding diaryl/α,β-unsaturated/α-hetero) is 1. The third-order valence-corrected chi connectivity index (χ3v) is 4.64. The highest BCUT2D eigenvalue weighted by atomic mass is 35.5. The zero-order valence-corrected chi connectivity index (χ0v) is 12.3. The summed E-state index contributed by atoms with van der Waals surface area (Å²) in [4.78, 5) is 11.8. The molecule has 0 unspecified atom stereocenters. The van der Waals surface area contributed by atoms with Gasteiger partial charge in [0, 0.05) is 17.0 Å². The van der Waals surface area contributed by atoms with Gasteiger partial charge in [0.05, 0.1) is 5.25 Å². The van der Waals surface area contributed by atoms with Crippen molar-refractivity contribution in [1.29, 1.82) is 0 Å². The number of benzene rings is 1. The van der Waals surface area contributed by atoms with Gasteiger partial charge in [-0.1, -0.05) is 29.8 Å². The average Bonchev–Trinajstić information content (AvgIpc) is 2.91. The zero-order chi connectivity index (χ0) is 13.9. The minimum atomic E-state index is -0.0396. The molecule has 0 radical (unpaired) electrons. The van der Waals surface area contributed by atoms with Gasteiger partial charge in [0.25, 0.3) is 5.22 Å². The monoisotopic (exact) mass is 308 g/mol. The van der Waals surface area contributed by atoms with Crippen LogP contribution in [0.25, 0.3) is 11.5 Å². The second kappa shape index (κ2) is 5.97. The lowest BCUT2D eigenvalue weighted by Gasteiger charge is -2.17. The third-order valence-electron chi connectivity index (χ3n) is 3.24. The lowest BCUT2D eigenvalue weighted by molar-refractivity contribution is -0.119. The predicted molar refractivity (Wildman–Crippen MR) is 77.9 cm³/mol. The van der Waals surface area contributed by atoms with Crippen molar-refractivity contribution < 1.29 is 9.21 Å². The van der Waals surface area contributed by atoms with Gasteiger partial charge < -0.3 is 4.42 Å². The van der Waals surface area contributed by atoms with E-state index in [9.17, 15) is 4.79 Å². The smallest absolute Gasteiger partial charge is 0.277 e. The number of halogens is 1. The van der Waals surface area contributed by atoms with Crippen LogP contribution < -0.4 is 0 Å². The van der Waals surface area contributed by atoms with Crippen LogP contribution in [-0.2, 0) is 4.79 Å². The molecule has 0 amide bonds. The number of hydrogen-bond acceptors (Lipinski definition) is 5. The Morgan fingerprint density at radius 2 is 2.00 bits per heavy atom. The van der Waals surface area contributed by atoms with Crippen LogP contribution in [0.5, 0.6) is 0 Å². The lowest BCUT2D eigenvalue weighted by atomic mass is 9.99. The van der Waals surface area contributed by atoms with Gasteiger partial charge in [-0.15, -0.1) is 10.2 Å². The molecular formula is C14H13ClN2O2S. The molecule has 0 aliphatic heterocycles. The first-order chi connectivity index (χ1) is 9.72. The standard InChI is InChI=1S/C14H13ClN2O2S/c15-10-7-5-9(6-8-10)13-16-17-14(19-13)20-12-4-2-1-3-11(12)18/h5-8,12H,1-4H2/t12-/m0/s1. The van der Waals surface area contributed by atoms with Crippen molar-refractivity contribution >= 4 is 29.1 Å². The quantitative estimate of drug-likeness (QED) is 0.858. The van der Waals surface area contributed by atoms with Crippen LogP contribution in [0.1, 0.15) is 25.7 Å². The fraction of sp³-hybridized carbons (Fsp3) is 0.357. The Balaban J connectivity index is 1.73. The number of hydrogen-bond donors (Lipinski definition) is 0. The van der Waals surface area contributed by atoms with Crippen LogP contribution in [0.2, 0.25) is 5.02 Å². The molecule has 104 valence electrons. The van der Waals surface area contributed by atoms with E-state index in [0.29, 0.717) is 22.6 Å². The number of rotatable bonds is 3. The summed E-state index contributed by atoms with van der Waals surface area (Å²) in [6.45, 7) is 0. The Bertz CT molecular complexity index is 612. The van der Waals surface area contributed by atoms with Gasteiger partial charge >= 0.3 is 0 Å².